The molecule has 0 rings (SSSR count). The number of hydrogen-bond donors (Lipinski definition) is 2. The molecule has 0 aliphatic rings. The Morgan fingerprint density at radius 1 is 1.00 bits per heavy atom. The van der Waals surface area contributed by atoms with Gasteiger partial charge in [0.05, 0.1) is 19.8 Å². The lowest BCUT2D eigenvalue weighted by molar-refractivity contribution is -0.140. The molecule has 0 radical (unpaired) electrons. The Kier molecular flexibility index (Phi) is 15.4. The van der Waals surface area contributed by atoms with Gasteiger partial charge >= 0.3 is 5.97 Å². The van der Waals surface area contributed by atoms with Crippen LogP contribution in [0.1, 0.15) is 64.2 Å². The molecule has 0 amide bonds. The zero-order chi connectivity index (χ0) is 16.5. The van der Waals surface area contributed by atoms with Crippen LogP contribution in [0.25, 0.3) is 0 Å². The number of esters is 1. The van der Waals surface area contributed by atoms with Crippen LogP contribution in [0, 0.1) is 0 Å². The van der Waals surface area contributed by atoms with E-state index in [1.165, 1.54) is 32.8 Å². The number of carbonyl (C=O) groups excluding carboxylic acids is 1. The van der Waals surface area contributed by atoms with Gasteiger partial charge < -0.3 is 14.9 Å². The summed E-state index contributed by atoms with van der Waals surface area (Å²) in [6.07, 6.45) is 16.9. The van der Waals surface area contributed by atoms with E-state index < -0.39 is 0 Å². The summed E-state index contributed by atoms with van der Waals surface area (Å²) in [5.74, 6) is -0.112. The smallest absolute Gasteiger partial charge is 0.305 e. The number of hydrogen-bond acceptors (Lipinski definition) is 4. The van der Waals surface area contributed by atoms with E-state index in [2.05, 4.69) is 4.74 Å². The number of aliphatic hydroxyl groups is 2. The molecule has 0 aromatic rings. The summed E-state index contributed by atoms with van der Waals surface area (Å²) in [5.41, 5.74) is 0. The van der Waals surface area contributed by atoms with E-state index in [9.17, 15) is 9.90 Å². The first-order valence-electron chi connectivity index (χ1n) is 8.39. The van der Waals surface area contributed by atoms with Crippen LogP contribution in [0.2, 0.25) is 0 Å². The minimum absolute atomic E-state index is 0.0309. The van der Waals surface area contributed by atoms with Gasteiger partial charge in [0.2, 0.25) is 0 Å². The first-order chi connectivity index (χ1) is 10.7. The Morgan fingerprint density at radius 2 is 1.59 bits per heavy atom. The summed E-state index contributed by atoms with van der Waals surface area (Å²) in [5, 5.41) is 18.2. The van der Waals surface area contributed by atoms with Gasteiger partial charge in [-0.15, -0.1) is 0 Å². The van der Waals surface area contributed by atoms with Gasteiger partial charge in [-0.05, 0) is 12.8 Å². The minimum atomic E-state index is -0.387. The minimum Gasteiger partial charge on any atom is -0.469 e. The van der Waals surface area contributed by atoms with Gasteiger partial charge in [-0.2, -0.15) is 0 Å². The topological polar surface area (TPSA) is 66.8 Å². The quantitative estimate of drug-likeness (QED) is 0.292. The molecule has 0 aromatic heterocycles. The van der Waals surface area contributed by atoms with Crippen LogP contribution in [-0.2, 0) is 9.53 Å². The SMILES string of the molecule is COC(=O)CCCCCCCCCCC(O)/C=C/C=C/CO. The number of aliphatic hydroxyl groups excluding tert-OH is 2. The highest BCUT2D eigenvalue weighted by atomic mass is 16.5. The maximum Gasteiger partial charge on any atom is 0.305 e. The van der Waals surface area contributed by atoms with Gasteiger partial charge in [0.1, 0.15) is 0 Å². The molecule has 4 nitrogen and oxygen atoms in total. The van der Waals surface area contributed by atoms with Crippen LogP contribution in [-0.4, -0.2) is 36.0 Å². The summed E-state index contributed by atoms with van der Waals surface area (Å²) >= 11 is 0. The average molecular weight is 312 g/mol. The van der Waals surface area contributed by atoms with Crippen molar-refractivity contribution in [1.29, 1.82) is 0 Å². The number of methoxy groups -OCH3 is 1. The van der Waals surface area contributed by atoms with Crippen LogP contribution in [0.4, 0.5) is 0 Å². The first kappa shape index (κ1) is 20.9. The van der Waals surface area contributed by atoms with Crippen LogP contribution in [0.15, 0.2) is 24.3 Å². The Balaban J connectivity index is 3.27. The fraction of sp³-hybridized carbons (Fsp3) is 0.722. The van der Waals surface area contributed by atoms with Crippen LogP contribution < -0.4 is 0 Å². The maximum absolute atomic E-state index is 10.9. The van der Waals surface area contributed by atoms with Crippen LogP contribution in [0.3, 0.4) is 0 Å². The molecule has 0 spiro atoms. The second kappa shape index (κ2) is 16.2. The molecule has 128 valence electrons. The lowest BCUT2D eigenvalue weighted by atomic mass is 10.0. The number of unbranched alkanes of at least 4 members (excludes halogenated alkanes) is 7. The van der Waals surface area contributed by atoms with Crippen molar-refractivity contribution in [2.24, 2.45) is 0 Å². The van der Waals surface area contributed by atoms with Gasteiger partial charge in [0.25, 0.3) is 0 Å². The molecule has 4 heteroatoms. The molecule has 0 aliphatic carbocycles. The van der Waals surface area contributed by atoms with Crippen molar-refractivity contribution in [3.63, 3.8) is 0 Å². The fourth-order valence-electron chi connectivity index (χ4n) is 2.21. The third kappa shape index (κ3) is 15.3. The van der Waals surface area contributed by atoms with Crippen LogP contribution >= 0.6 is 0 Å². The molecule has 0 aromatic carbocycles. The molecule has 1 unspecified atom stereocenters. The van der Waals surface area contributed by atoms with Crippen molar-refractivity contribution in [2.75, 3.05) is 13.7 Å². The standard InChI is InChI=1S/C18H32O4/c1-22-18(21)15-11-7-5-3-2-4-6-9-13-17(20)14-10-8-12-16-19/h8,10,12,14,17,19-20H,2-7,9,11,13,15-16H2,1H3/b12-8+,14-10+. The van der Waals surface area contributed by atoms with Crippen molar-refractivity contribution < 1.29 is 19.7 Å². The number of allylic oxidation sites excluding steroid dienone is 2. The first-order valence-corrected chi connectivity index (χ1v) is 8.39. The van der Waals surface area contributed by atoms with Crippen molar-refractivity contribution in [1.82, 2.24) is 0 Å². The van der Waals surface area contributed by atoms with Gasteiger partial charge in [-0.3, -0.25) is 4.79 Å². The van der Waals surface area contributed by atoms with E-state index in [1.807, 2.05) is 0 Å². The van der Waals surface area contributed by atoms with Crippen molar-refractivity contribution >= 4 is 5.97 Å². The molecule has 22 heavy (non-hydrogen) atoms. The zero-order valence-electron chi connectivity index (χ0n) is 13.9. The largest absolute Gasteiger partial charge is 0.469 e. The molecule has 0 fully saturated rings. The van der Waals surface area contributed by atoms with Gasteiger partial charge in [0.15, 0.2) is 0 Å². The van der Waals surface area contributed by atoms with Gasteiger partial charge in [-0.25, -0.2) is 0 Å². The molecule has 1 atom stereocenters. The summed E-state index contributed by atoms with van der Waals surface area (Å²) < 4.78 is 4.60. The van der Waals surface area contributed by atoms with E-state index in [0.29, 0.717) is 6.42 Å². The highest BCUT2D eigenvalue weighted by Gasteiger charge is 2.00. The zero-order valence-corrected chi connectivity index (χ0v) is 13.9. The fourth-order valence-corrected chi connectivity index (χ4v) is 2.21. The Labute approximate surface area is 134 Å². The van der Waals surface area contributed by atoms with E-state index in [4.69, 9.17) is 5.11 Å². The van der Waals surface area contributed by atoms with Crippen molar-refractivity contribution in [3.05, 3.63) is 24.3 Å². The third-order valence-corrected chi connectivity index (χ3v) is 3.54. The Bertz CT molecular complexity index is 310. The van der Waals surface area contributed by atoms with E-state index in [0.717, 1.165) is 32.1 Å². The Morgan fingerprint density at radius 3 is 2.18 bits per heavy atom. The number of carbonyl (C=O) groups is 1. The van der Waals surface area contributed by atoms with E-state index >= 15 is 0 Å². The highest BCUT2D eigenvalue weighted by molar-refractivity contribution is 5.68. The van der Waals surface area contributed by atoms with E-state index in [-0.39, 0.29) is 18.7 Å². The second-order valence-corrected chi connectivity index (χ2v) is 5.51. The average Bonchev–Trinajstić information content (AvgIpc) is 2.53. The molecular formula is C18H32O4. The monoisotopic (exact) mass is 312 g/mol. The summed E-state index contributed by atoms with van der Waals surface area (Å²) in [6.45, 7) is 0.0309. The molecule has 0 saturated heterocycles. The molecule has 0 aliphatic heterocycles. The molecule has 0 heterocycles. The predicted octanol–water partition coefficient (Wildman–Crippen LogP) is 3.53. The molecule has 2 N–H and O–H groups in total. The normalized spacial score (nSPS) is 13.0. The molecular weight excluding hydrogens is 280 g/mol. The second-order valence-electron chi connectivity index (χ2n) is 5.51. The maximum atomic E-state index is 10.9. The van der Waals surface area contributed by atoms with E-state index in [1.54, 1.807) is 24.3 Å². The number of ether oxygens (including phenoxy) is 1. The van der Waals surface area contributed by atoms with Crippen molar-refractivity contribution in [3.8, 4) is 0 Å². The van der Waals surface area contributed by atoms with Gasteiger partial charge in [0, 0.05) is 6.42 Å². The Hall–Kier alpha value is -1.13. The third-order valence-electron chi connectivity index (χ3n) is 3.54. The summed E-state index contributed by atoms with van der Waals surface area (Å²) in [4.78, 5) is 10.9. The van der Waals surface area contributed by atoms with Crippen molar-refractivity contribution in [2.45, 2.75) is 70.3 Å². The highest BCUT2D eigenvalue weighted by Crippen LogP contribution is 2.12. The summed E-state index contributed by atoms with van der Waals surface area (Å²) in [6, 6.07) is 0. The molecule has 0 bridgehead atoms. The van der Waals surface area contributed by atoms with Gasteiger partial charge in [-0.1, -0.05) is 69.2 Å². The lowest BCUT2D eigenvalue weighted by Crippen LogP contribution is -2.01. The van der Waals surface area contributed by atoms with Crippen LogP contribution in [0.5, 0.6) is 0 Å². The predicted molar refractivity (Wildman–Crippen MR) is 89.6 cm³/mol. The number of rotatable bonds is 14. The molecule has 0 saturated carbocycles. The summed E-state index contributed by atoms with van der Waals surface area (Å²) in [7, 11) is 1.43. The lowest BCUT2D eigenvalue weighted by Gasteiger charge is -2.05.